The number of Topliss-reactive ketones (excluding diaryl/α,β-unsaturated/α-hetero) is 1. The topological polar surface area (TPSA) is 166 Å². The van der Waals surface area contributed by atoms with Gasteiger partial charge >= 0.3 is 11.9 Å². The third kappa shape index (κ3) is 29.6. The maximum atomic E-state index is 11.6. The fourth-order valence-electron chi connectivity index (χ4n) is 15.1. The Hall–Kier alpha value is -8.76. The minimum absolute atomic E-state index is 0.0943. The van der Waals surface area contributed by atoms with Gasteiger partial charge in [0, 0.05) is 105 Å². The molecule has 4 aliphatic rings. The van der Waals surface area contributed by atoms with Gasteiger partial charge in [0.25, 0.3) is 0 Å². The number of carboxylic acids is 2. The van der Waals surface area contributed by atoms with Crippen molar-refractivity contribution in [3.63, 3.8) is 0 Å². The Kier molecular flexibility index (Phi) is 38.9. The molecule has 0 atom stereocenters. The summed E-state index contributed by atoms with van der Waals surface area (Å²) in [6.07, 6.45) is 37.9. The second-order valence-corrected chi connectivity index (χ2v) is 34.0. The molecule has 0 amide bonds. The van der Waals surface area contributed by atoms with Gasteiger partial charge in [-0.1, -0.05) is 209 Å². The number of carboxylic acid groups (broad SMARTS) is 2. The molecule has 5 aromatic rings. The molecule has 0 saturated heterocycles. The van der Waals surface area contributed by atoms with Gasteiger partial charge in [-0.2, -0.15) is 5.26 Å². The van der Waals surface area contributed by atoms with Gasteiger partial charge in [0.2, 0.25) is 0 Å². The van der Waals surface area contributed by atoms with Crippen LogP contribution in [0.2, 0.25) is 0 Å². The molecule has 610 valence electrons. The van der Waals surface area contributed by atoms with Crippen molar-refractivity contribution in [2.45, 2.75) is 282 Å². The number of hydrogen-bond acceptors (Lipinski definition) is 11. The molecular formula is C99H142N6O7. The number of nitriles is 1. The highest BCUT2D eigenvalue weighted by Gasteiger charge is 2.42. The van der Waals surface area contributed by atoms with E-state index in [2.05, 4.69) is 182 Å². The van der Waals surface area contributed by atoms with Gasteiger partial charge in [-0.3, -0.25) is 14.4 Å². The molecule has 0 radical (unpaired) electrons. The summed E-state index contributed by atoms with van der Waals surface area (Å²) in [6.45, 7) is 50.6. The number of carbonyl (C=O) groups is 5. The molecule has 13 heteroatoms. The highest BCUT2D eigenvalue weighted by molar-refractivity contribution is 6.02. The molecule has 0 spiro atoms. The van der Waals surface area contributed by atoms with Crippen LogP contribution in [-0.4, -0.2) is 105 Å². The zero-order valence-corrected chi connectivity index (χ0v) is 72.6. The van der Waals surface area contributed by atoms with E-state index >= 15 is 0 Å². The van der Waals surface area contributed by atoms with Crippen LogP contribution in [0, 0.1) is 11.3 Å². The van der Waals surface area contributed by atoms with Crippen molar-refractivity contribution in [1.29, 1.82) is 5.26 Å². The van der Waals surface area contributed by atoms with Gasteiger partial charge in [0.05, 0.1) is 5.57 Å². The molecule has 0 aromatic heterocycles. The molecule has 2 N–H and O–H groups in total. The van der Waals surface area contributed by atoms with Crippen LogP contribution in [0.15, 0.2) is 126 Å². The summed E-state index contributed by atoms with van der Waals surface area (Å²) in [6, 6.07) is 35.8. The lowest BCUT2D eigenvalue weighted by Crippen LogP contribution is -2.44. The Morgan fingerprint density at radius 2 is 0.688 bits per heavy atom. The van der Waals surface area contributed by atoms with Crippen molar-refractivity contribution < 1.29 is 34.2 Å². The largest absolute Gasteiger partial charge is 0.478 e. The van der Waals surface area contributed by atoms with E-state index in [1.165, 1.54) is 173 Å². The highest BCUT2D eigenvalue weighted by atomic mass is 16.4. The average Bonchev–Trinajstić information content (AvgIpc) is 0.738. The minimum atomic E-state index is -0.877. The number of rotatable bonds is 35. The van der Waals surface area contributed by atoms with E-state index in [1.54, 1.807) is 58.1 Å². The normalized spacial score (nSPS) is 15.5. The minimum Gasteiger partial charge on any atom is -0.478 e. The van der Waals surface area contributed by atoms with Crippen LogP contribution >= 0.6 is 0 Å². The first-order chi connectivity index (χ1) is 53.2. The monoisotopic (exact) mass is 1530 g/mol. The summed E-state index contributed by atoms with van der Waals surface area (Å²) < 4.78 is 0. The van der Waals surface area contributed by atoms with Crippen LogP contribution in [-0.2, 0) is 45.6 Å². The van der Waals surface area contributed by atoms with Crippen LogP contribution in [0.25, 0.3) is 30.4 Å². The SMILES string of the molecule is CC(=O)/C(C#N)=C/c1cc2c3c(c1)C(C)(C)CCN3CCC2(C)C.CC(=O)/C=C/c1cc2c3c(c1)C(C)(C)CCN3CCC2(C)C.CCCCCCCCN(CCCCCCCC)c1ccc(/C=C/C(C)=O)cc1.CCCCN(CCCC)c1ccc(/C=C(/C)C(=O)O)cc1.CCN(CC)c1ccc(/C=C(/C)C(=O)O)cc1. The maximum Gasteiger partial charge on any atom is 0.331 e. The van der Waals surface area contributed by atoms with Gasteiger partial charge in [0.1, 0.15) is 6.07 Å². The van der Waals surface area contributed by atoms with E-state index in [9.17, 15) is 29.2 Å². The second-order valence-electron chi connectivity index (χ2n) is 34.0. The fourth-order valence-corrected chi connectivity index (χ4v) is 15.1. The molecule has 9 rings (SSSR count). The van der Waals surface area contributed by atoms with E-state index in [0.717, 1.165) is 106 Å². The molecule has 4 aliphatic heterocycles. The number of nitrogens with zero attached hydrogens (tertiary/aromatic N) is 6. The number of allylic oxidation sites excluding steroid dienone is 3. The number of ketones is 3. The van der Waals surface area contributed by atoms with Crippen molar-refractivity contribution in [2.75, 3.05) is 89.9 Å². The lowest BCUT2D eigenvalue weighted by molar-refractivity contribution is -0.133. The second kappa shape index (κ2) is 46.4. The first-order valence-electron chi connectivity index (χ1n) is 42.5. The molecule has 0 bridgehead atoms. The number of carbonyl (C=O) groups excluding carboxylic acids is 3. The third-order valence-corrected chi connectivity index (χ3v) is 22.8. The van der Waals surface area contributed by atoms with Crippen molar-refractivity contribution in [3.05, 3.63) is 176 Å². The maximum absolute atomic E-state index is 11.6. The van der Waals surface area contributed by atoms with Crippen molar-refractivity contribution >= 4 is 88.1 Å². The first-order valence-corrected chi connectivity index (χ1v) is 42.5. The van der Waals surface area contributed by atoms with Gasteiger partial charge < -0.3 is 34.7 Å². The van der Waals surface area contributed by atoms with E-state index in [4.69, 9.17) is 10.2 Å². The van der Waals surface area contributed by atoms with Crippen LogP contribution in [0.4, 0.5) is 28.4 Å². The molecule has 13 nitrogen and oxygen atoms in total. The summed E-state index contributed by atoms with van der Waals surface area (Å²) in [4.78, 5) is 67.9. The van der Waals surface area contributed by atoms with Crippen LogP contribution < -0.4 is 24.5 Å². The molecule has 5 aromatic carbocycles. The lowest BCUT2D eigenvalue weighted by Gasteiger charge is -2.48. The molecular weight excluding hydrogens is 1390 g/mol. The Bertz CT molecular complexity index is 3920. The number of benzene rings is 5. The van der Waals surface area contributed by atoms with Crippen LogP contribution in [0.5, 0.6) is 0 Å². The Morgan fingerprint density at radius 1 is 0.393 bits per heavy atom. The smallest absolute Gasteiger partial charge is 0.331 e. The van der Waals surface area contributed by atoms with E-state index in [-0.39, 0.29) is 44.6 Å². The number of unbranched alkanes of at least 4 members (excludes halogenated alkanes) is 12. The van der Waals surface area contributed by atoms with Gasteiger partial charge in [-0.25, -0.2) is 9.59 Å². The predicted octanol–water partition coefficient (Wildman–Crippen LogP) is 24.2. The Balaban J connectivity index is 0.000000252. The summed E-state index contributed by atoms with van der Waals surface area (Å²) in [5.41, 5.74) is 18.8. The van der Waals surface area contributed by atoms with Gasteiger partial charge in [-0.05, 0) is 263 Å². The molecule has 0 fully saturated rings. The summed E-state index contributed by atoms with van der Waals surface area (Å²) >= 11 is 0. The van der Waals surface area contributed by atoms with Crippen LogP contribution in [0.1, 0.15) is 310 Å². The van der Waals surface area contributed by atoms with Crippen molar-refractivity contribution in [3.8, 4) is 6.07 Å². The summed E-state index contributed by atoms with van der Waals surface area (Å²) in [7, 11) is 0. The summed E-state index contributed by atoms with van der Waals surface area (Å²) in [5, 5.41) is 26.9. The zero-order chi connectivity index (χ0) is 82.8. The standard InChI is InChI=1S/C26H43NO.C21H26N2O.C20H27NO.C18H27NO2.C14H19NO2/c1-4-6-8-10-12-14-22-27(23-15-13-11-9-7-5-2)26-20-18-25(19-21-26)17-16-24(3)28;1-14(24)16(13-22)10-15-11-17-19-18(12-15)21(4,5)7-9-23(19)8-6-20(17,2)3;1-14(22)6-7-15-12-16-18-17(13-15)20(4,5)9-11-21(18)10-8-19(16,2)3;1-4-6-12-19(13-7-5-2)17-10-8-16(9-11-17)14-15(3)18(20)21;1-4-15(5-2)13-8-6-12(7-9-13)10-11(3)14(16)17/h16-21H,4-15,22-23H2,1-3H3;10-12H,6-9H2,1-5H3;6-7,12-13H,8-11H2,1-5H3;8-11,14H,4-7,12-13H2,1-3H3,(H,20,21);6-10H,4-5H2,1-3H3,(H,16,17)/b17-16+;16-10+;7-6+;15-14-;11-10-. The number of aliphatic carboxylic acids is 2. The number of anilines is 5. The molecule has 0 saturated carbocycles. The zero-order valence-electron chi connectivity index (χ0n) is 72.6. The number of hydrogen-bond donors (Lipinski definition) is 2. The Morgan fingerprint density at radius 3 is 0.991 bits per heavy atom. The fraction of sp³-hybridized carbons (Fsp3) is 0.535. The van der Waals surface area contributed by atoms with E-state index < -0.39 is 11.9 Å². The van der Waals surface area contributed by atoms with E-state index in [0.29, 0.717) is 11.1 Å². The van der Waals surface area contributed by atoms with Crippen molar-refractivity contribution in [2.24, 2.45) is 0 Å². The average molecular weight is 1530 g/mol. The summed E-state index contributed by atoms with van der Waals surface area (Å²) in [5.74, 6) is -1.73. The molecule has 0 aliphatic carbocycles. The highest BCUT2D eigenvalue weighted by Crippen LogP contribution is 2.51. The first kappa shape index (κ1) is 93.8. The molecule has 0 unspecified atom stereocenters. The third-order valence-electron chi connectivity index (χ3n) is 22.8. The van der Waals surface area contributed by atoms with Gasteiger partial charge in [0.15, 0.2) is 17.3 Å². The van der Waals surface area contributed by atoms with Crippen molar-refractivity contribution in [1.82, 2.24) is 0 Å². The lowest BCUT2D eigenvalue weighted by atomic mass is 9.69. The quantitative estimate of drug-likeness (QED) is 0.0224. The van der Waals surface area contributed by atoms with Gasteiger partial charge in [-0.15, -0.1) is 0 Å². The predicted molar refractivity (Wildman–Crippen MR) is 478 cm³/mol. The Labute approximate surface area is 677 Å². The molecule has 112 heavy (non-hydrogen) atoms. The molecule has 4 heterocycles. The van der Waals surface area contributed by atoms with Crippen LogP contribution in [0.3, 0.4) is 0 Å². The van der Waals surface area contributed by atoms with E-state index in [1.807, 2.05) is 54.6 Å².